The second-order valence-corrected chi connectivity index (χ2v) is 5.80. The molecule has 0 radical (unpaired) electrons. The van der Waals surface area contributed by atoms with E-state index in [-0.39, 0.29) is 5.91 Å². The molecule has 24 heavy (non-hydrogen) atoms. The third kappa shape index (κ3) is 4.60. The van der Waals surface area contributed by atoms with Crippen molar-refractivity contribution in [2.24, 2.45) is 0 Å². The summed E-state index contributed by atoms with van der Waals surface area (Å²) in [6.07, 6.45) is 0.386. The van der Waals surface area contributed by atoms with E-state index in [2.05, 4.69) is 11.4 Å². The fraction of sp³-hybridized carbons (Fsp3) is 0.300. The van der Waals surface area contributed by atoms with Crippen molar-refractivity contribution in [1.82, 2.24) is 0 Å². The topological polar surface area (TPSA) is 62.1 Å². The van der Waals surface area contributed by atoms with Crippen molar-refractivity contribution in [1.29, 1.82) is 5.26 Å². The predicted molar refractivity (Wildman–Crippen MR) is 95.0 cm³/mol. The average Bonchev–Trinajstić information content (AvgIpc) is 2.57. The molecule has 4 heteroatoms. The normalized spacial score (nSPS) is 11.4. The van der Waals surface area contributed by atoms with E-state index in [0.29, 0.717) is 18.5 Å². The first-order chi connectivity index (χ1) is 11.5. The summed E-state index contributed by atoms with van der Waals surface area (Å²) in [6.45, 7) is 5.88. The Morgan fingerprint density at radius 3 is 2.54 bits per heavy atom. The summed E-state index contributed by atoms with van der Waals surface area (Å²) in [5.41, 5.74) is 3.73. The van der Waals surface area contributed by atoms with Crippen molar-refractivity contribution in [3.8, 4) is 11.8 Å². The van der Waals surface area contributed by atoms with E-state index in [4.69, 9.17) is 10.00 Å². The SMILES string of the molecule is CC[C@@H](Oc1cc(C)ccc1C)C(=O)Nc1ccc(CC#N)cc1. The van der Waals surface area contributed by atoms with Gasteiger partial charge in [0.05, 0.1) is 12.5 Å². The highest BCUT2D eigenvalue weighted by molar-refractivity contribution is 5.94. The minimum atomic E-state index is -0.552. The van der Waals surface area contributed by atoms with Gasteiger partial charge in [-0.15, -0.1) is 0 Å². The number of nitrogens with zero attached hydrogens (tertiary/aromatic N) is 1. The molecule has 2 rings (SSSR count). The van der Waals surface area contributed by atoms with Crippen molar-refractivity contribution in [2.45, 2.75) is 39.7 Å². The van der Waals surface area contributed by atoms with Gasteiger partial charge in [-0.25, -0.2) is 0 Å². The zero-order valence-electron chi connectivity index (χ0n) is 14.3. The van der Waals surface area contributed by atoms with Crippen LogP contribution in [0.25, 0.3) is 0 Å². The molecule has 0 aliphatic carbocycles. The summed E-state index contributed by atoms with van der Waals surface area (Å²) in [5, 5.41) is 11.6. The van der Waals surface area contributed by atoms with Crippen molar-refractivity contribution >= 4 is 11.6 Å². The quantitative estimate of drug-likeness (QED) is 0.868. The Morgan fingerprint density at radius 1 is 1.21 bits per heavy atom. The number of ether oxygens (including phenoxy) is 1. The molecule has 0 aliphatic rings. The first-order valence-electron chi connectivity index (χ1n) is 8.04. The molecule has 1 atom stereocenters. The van der Waals surface area contributed by atoms with Gasteiger partial charge in [-0.2, -0.15) is 5.26 Å². The zero-order chi connectivity index (χ0) is 17.5. The van der Waals surface area contributed by atoms with Crippen LogP contribution in [0.3, 0.4) is 0 Å². The molecule has 4 nitrogen and oxygen atoms in total. The Morgan fingerprint density at radius 2 is 1.92 bits per heavy atom. The molecule has 0 bridgehead atoms. The Hall–Kier alpha value is -2.80. The highest BCUT2D eigenvalue weighted by Crippen LogP contribution is 2.22. The van der Waals surface area contributed by atoms with Crippen LogP contribution in [0.4, 0.5) is 5.69 Å². The number of carbonyl (C=O) groups excluding carboxylic acids is 1. The Kier molecular flexibility index (Phi) is 5.97. The first-order valence-corrected chi connectivity index (χ1v) is 8.04. The van der Waals surface area contributed by atoms with Crippen LogP contribution in [0.1, 0.15) is 30.0 Å². The van der Waals surface area contributed by atoms with E-state index in [1.807, 2.05) is 51.1 Å². The lowest BCUT2D eigenvalue weighted by Gasteiger charge is -2.19. The van der Waals surface area contributed by atoms with Crippen LogP contribution in [-0.2, 0) is 11.2 Å². The van der Waals surface area contributed by atoms with E-state index < -0.39 is 6.10 Å². The van der Waals surface area contributed by atoms with Gasteiger partial charge in [0.2, 0.25) is 0 Å². The largest absolute Gasteiger partial charge is 0.480 e. The molecular weight excluding hydrogens is 300 g/mol. The number of hydrogen-bond acceptors (Lipinski definition) is 3. The van der Waals surface area contributed by atoms with E-state index in [0.717, 1.165) is 22.4 Å². The van der Waals surface area contributed by atoms with Gasteiger partial charge in [0.15, 0.2) is 6.10 Å². The molecule has 2 aromatic carbocycles. The third-order valence-electron chi connectivity index (χ3n) is 3.78. The molecule has 0 fully saturated rings. The molecule has 0 aromatic heterocycles. The molecule has 1 amide bonds. The van der Waals surface area contributed by atoms with Gasteiger partial charge < -0.3 is 10.1 Å². The fourth-order valence-corrected chi connectivity index (χ4v) is 2.33. The number of nitriles is 1. The molecule has 0 aliphatic heterocycles. The van der Waals surface area contributed by atoms with Crippen LogP contribution in [0.2, 0.25) is 0 Å². The van der Waals surface area contributed by atoms with E-state index >= 15 is 0 Å². The molecule has 0 saturated carbocycles. The number of carbonyl (C=O) groups is 1. The van der Waals surface area contributed by atoms with Crippen LogP contribution in [0.5, 0.6) is 5.75 Å². The predicted octanol–water partition coefficient (Wildman–Crippen LogP) is 4.17. The first kappa shape index (κ1) is 17.6. The second-order valence-electron chi connectivity index (χ2n) is 5.80. The molecule has 0 heterocycles. The standard InChI is InChI=1S/C20H22N2O2/c1-4-18(24-19-13-14(2)5-6-15(19)3)20(23)22-17-9-7-16(8-10-17)11-12-21/h5-10,13,18H,4,11H2,1-3H3,(H,22,23)/t18-/m1/s1. The van der Waals surface area contributed by atoms with Crippen LogP contribution >= 0.6 is 0 Å². The number of rotatable bonds is 6. The van der Waals surface area contributed by atoms with Gasteiger partial charge in [-0.3, -0.25) is 4.79 Å². The molecule has 0 spiro atoms. The molecule has 124 valence electrons. The zero-order valence-corrected chi connectivity index (χ0v) is 14.3. The lowest BCUT2D eigenvalue weighted by atomic mass is 10.1. The number of amides is 1. The minimum absolute atomic E-state index is 0.175. The van der Waals surface area contributed by atoms with E-state index in [9.17, 15) is 4.79 Å². The van der Waals surface area contributed by atoms with Gasteiger partial charge in [0.25, 0.3) is 5.91 Å². The summed E-state index contributed by atoms with van der Waals surface area (Å²) in [6, 6.07) is 15.3. The Balaban J connectivity index is 2.05. The van der Waals surface area contributed by atoms with E-state index in [1.54, 1.807) is 12.1 Å². The van der Waals surface area contributed by atoms with Crippen LogP contribution in [0.15, 0.2) is 42.5 Å². The second kappa shape index (κ2) is 8.16. The summed E-state index contributed by atoms with van der Waals surface area (Å²) >= 11 is 0. The maximum Gasteiger partial charge on any atom is 0.265 e. The highest BCUT2D eigenvalue weighted by Gasteiger charge is 2.19. The van der Waals surface area contributed by atoms with Gasteiger partial charge in [0.1, 0.15) is 5.75 Å². The van der Waals surface area contributed by atoms with Crippen molar-refractivity contribution in [3.63, 3.8) is 0 Å². The molecule has 2 aromatic rings. The lowest BCUT2D eigenvalue weighted by Crippen LogP contribution is -2.32. The summed E-state index contributed by atoms with van der Waals surface area (Å²) in [7, 11) is 0. The molecule has 0 saturated heterocycles. The minimum Gasteiger partial charge on any atom is -0.480 e. The smallest absolute Gasteiger partial charge is 0.265 e. The van der Waals surface area contributed by atoms with Gasteiger partial charge in [0, 0.05) is 5.69 Å². The Labute approximate surface area is 143 Å². The van der Waals surface area contributed by atoms with Gasteiger partial charge in [-0.1, -0.05) is 31.2 Å². The highest BCUT2D eigenvalue weighted by atomic mass is 16.5. The van der Waals surface area contributed by atoms with E-state index in [1.165, 1.54) is 0 Å². The van der Waals surface area contributed by atoms with Crippen LogP contribution < -0.4 is 10.1 Å². The number of hydrogen-bond donors (Lipinski definition) is 1. The Bertz CT molecular complexity index is 745. The summed E-state index contributed by atoms with van der Waals surface area (Å²) in [5.74, 6) is 0.563. The number of anilines is 1. The summed E-state index contributed by atoms with van der Waals surface area (Å²) in [4.78, 5) is 12.5. The van der Waals surface area contributed by atoms with Gasteiger partial charge in [-0.05, 0) is 55.2 Å². The number of aryl methyl sites for hydroxylation is 2. The number of nitrogens with one attached hydrogen (secondary N) is 1. The average molecular weight is 322 g/mol. The fourth-order valence-electron chi connectivity index (χ4n) is 2.33. The van der Waals surface area contributed by atoms with Crippen LogP contribution in [0, 0.1) is 25.2 Å². The molecule has 1 N–H and O–H groups in total. The third-order valence-corrected chi connectivity index (χ3v) is 3.78. The maximum atomic E-state index is 12.5. The van der Waals surface area contributed by atoms with Crippen molar-refractivity contribution in [3.05, 3.63) is 59.2 Å². The van der Waals surface area contributed by atoms with Crippen molar-refractivity contribution < 1.29 is 9.53 Å². The maximum absolute atomic E-state index is 12.5. The molecular formula is C20H22N2O2. The summed E-state index contributed by atoms with van der Waals surface area (Å²) < 4.78 is 5.92. The van der Waals surface area contributed by atoms with Gasteiger partial charge >= 0.3 is 0 Å². The monoisotopic (exact) mass is 322 g/mol. The molecule has 0 unspecified atom stereocenters. The lowest BCUT2D eigenvalue weighted by molar-refractivity contribution is -0.122. The number of benzene rings is 2. The van der Waals surface area contributed by atoms with Crippen LogP contribution in [-0.4, -0.2) is 12.0 Å². The van der Waals surface area contributed by atoms with Crippen molar-refractivity contribution in [2.75, 3.05) is 5.32 Å².